The summed E-state index contributed by atoms with van der Waals surface area (Å²) in [5, 5.41) is 1.11. The highest BCUT2D eigenvalue weighted by Gasteiger charge is 2.16. The van der Waals surface area contributed by atoms with Gasteiger partial charge in [0, 0.05) is 16.0 Å². The van der Waals surface area contributed by atoms with Crippen molar-refractivity contribution in [2.24, 2.45) is 0 Å². The summed E-state index contributed by atoms with van der Waals surface area (Å²) in [6.45, 7) is 2.73. The Labute approximate surface area is 150 Å². The van der Waals surface area contributed by atoms with Gasteiger partial charge in [0.1, 0.15) is 16.9 Å². The third-order valence-corrected chi connectivity index (χ3v) is 4.06. The summed E-state index contributed by atoms with van der Waals surface area (Å²) in [4.78, 5) is 24.8. The summed E-state index contributed by atoms with van der Waals surface area (Å²) in [5.74, 6) is 0.304. The topological polar surface area (TPSA) is 56.5 Å². The highest BCUT2D eigenvalue weighted by Crippen LogP contribution is 2.21. The van der Waals surface area contributed by atoms with E-state index < -0.39 is 11.4 Å². The smallest absolute Gasteiger partial charge is 0.347 e. The first-order valence-corrected chi connectivity index (χ1v) is 8.47. The first-order valence-electron chi connectivity index (χ1n) is 8.09. The Morgan fingerprint density at radius 2 is 1.88 bits per heavy atom. The monoisotopic (exact) mass is 356 g/mol. The van der Waals surface area contributed by atoms with E-state index in [-0.39, 0.29) is 5.56 Å². The SMILES string of the molecule is CCCCOc1ccc(C(=O)c2cc3cc(Cl)ccc3oc2=O)cc1. The predicted octanol–water partition coefficient (Wildman–Crippen LogP) is 4.86. The molecule has 0 N–H and O–H groups in total. The van der Waals surface area contributed by atoms with Crippen LogP contribution in [0.4, 0.5) is 0 Å². The van der Waals surface area contributed by atoms with Crippen LogP contribution in [0.5, 0.6) is 5.75 Å². The molecule has 0 amide bonds. The van der Waals surface area contributed by atoms with Gasteiger partial charge in [-0.3, -0.25) is 4.79 Å². The lowest BCUT2D eigenvalue weighted by molar-refractivity contribution is 0.103. The number of halogens is 1. The van der Waals surface area contributed by atoms with Crippen molar-refractivity contribution in [3.63, 3.8) is 0 Å². The molecule has 0 aliphatic rings. The van der Waals surface area contributed by atoms with E-state index in [1.807, 2.05) is 0 Å². The lowest BCUT2D eigenvalue weighted by atomic mass is 10.0. The number of hydrogen-bond acceptors (Lipinski definition) is 4. The van der Waals surface area contributed by atoms with E-state index in [0.717, 1.165) is 12.8 Å². The predicted molar refractivity (Wildman–Crippen MR) is 97.8 cm³/mol. The molecular weight excluding hydrogens is 340 g/mol. The number of rotatable bonds is 6. The second-order valence-electron chi connectivity index (χ2n) is 5.69. The summed E-state index contributed by atoms with van der Waals surface area (Å²) in [5.41, 5.74) is 0.111. The van der Waals surface area contributed by atoms with Gasteiger partial charge >= 0.3 is 5.63 Å². The van der Waals surface area contributed by atoms with E-state index in [2.05, 4.69) is 6.92 Å². The van der Waals surface area contributed by atoms with Crippen LogP contribution < -0.4 is 10.4 Å². The summed E-state index contributed by atoms with van der Waals surface area (Å²) < 4.78 is 10.8. The van der Waals surface area contributed by atoms with Gasteiger partial charge in [-0.15, -0.1) is 0 Å². The van der Waals surface area contributed by atoms with E-state index in [4.69, 9.17) is 20.8 Å². The highest BCUT2D eigenvalue weighted by atomic mass is 35.5. The van der Waals surface area contributed by atoms with Crippen molar-refractivity contribution in [3.8, 4) is 5.75 Å². The van der Waals surface area contributed by atoms with E-state index >= 15 is 0 Å². The molecule has 1 heterocycles. The van der Waals surface area contributed by atoms with Gasteiger partial charge in [0.15, 0.2) is 5.78 Å². The normalized spacial score (nSPS) is 10.8. The van der Waals surface area contributed by atoms with Gasteiger partial charge in [0.05, 0.1) is 6.61 Å². The molecule has 5 heteroatoms. The molecule has 0 saturated heterocycles. The Bertz CT molecular complexity index is 958. The summed E-state index contributed by atoms with van der Waals surface area (Å²) in [7, 11) is 0. The summed E-state index contributed by atoms with van der Waals surface area (Å²) in [6, 6.07) is 13.1. The molecule has 4 nitrogen and oxygen atoms in total. The number of ketones is 1. The molecular formula is C20H17ClO4. The van der Waals surface area contributed by atoms with Gasteiger partial charge in [-0.05, 0) is 55.0 Å². The number of unbranched alkanes of at least 4 members (excludes halogenated alkanes) is 1. The zero-order chi connectivity index (χ0) is 17.8. The first-order chi connectivity index (χ1) is 12.1. The Morgan fingerprint density at radius 1 is 1.12 bits per heavy atom. The fourth-order valence-electron chi connectivity index (χ4n) is 2.44. The standard InChI is InChI=1S/C20H17ClO4/c1-2-3-10-24-16-7-4-13(5-8-16)19(22)17-12-14-11-15(21)6-9-18(14)25-20(17)23/h4-9,11-12H,2-3,10H2,1H3. The number of benzene rings is 2. The van der Waals surface area contributed by atoms with Crippen LogP contribution in [0.3, 0.4) is 0 Å². The van der Waals surface area contributed by atoms with Gasteiger partial charge in [0.25, 0.3) is 0 Å². The average molecular weight is 357 g/mol. The molecule has 0 atom stereocenters. The Kier molecular flexibility index (Phi) is 5.19. The van der Waals surface area contributed by atoms with Crippen molar-refractivity contribution in [1.82, 2.24) is 0 Å². The van der Waals surface area contributed by atoms with Crippen molar-refractivity contribution < 1.29 is 13.9 Å². The molecule has 0 aliphatic carbocycles. The molecule has 0 radical (unpaired) electrons. The van der Waals surface area contributed by atoms with Crippen molar-refractivity contribution in [1.29, 1.82) is 0 Å². The van der Waals surface area contributed by atoms with Crippen LogP contribution in [0.15, 0.2) is 57.7 Å². The summed E-state index contributed by atoms with van der Waals surface area (Å²) >= 11 is 5.96. The van der Waals surface area contributed by atoms with E-state index in [0.29, 0.717) is 33.9 Å². The molecule has 3 aromatic rings. The second kappa shape index (κ2) is 7.53. The Morgan fingerprint density at radius 3 is 2.60 bits per heavy atom. The fraction of sp³-hybridized carbons (Fsp3) is 0.200. The van der Waals surface area contributed by atoms with Crippen molar-refractivity contribution in [3.05, 3.63) is 75.1 Å². The molecule has 128 valence electrons. The maximum absolute atomic E-state index is 12.6. The summed E-state index contributed by atoms with van der Waals surface area (Å²) in [6.07, 6.45) is 2.03. The molecule has 0 saturated carbocycles. The maximum atomic E-state index is 12.6. The molecule has 0 bridgehead atoms. The number of hydrogen-bond donors (Lipinski definition) is 0. The maximum Gasteiger partial charge on any atom is 0.347 e. The van der Waals surface area contributed by atoms with Crippen LogP contribution >= 0.6 is 11.6 Å². The molecule has 0 spiro atoms. The van der Waals surface area contributed by atoms with Crippen LogP contribution in [0.2, 0.25) is 5.02 Å². The molecule has 0 fully saturated rings. The molecule has 1 aromatic heterocycles. The minimum Gasteiger partial charge on any atom is -0.494 e. The zero-order valence-electron chi connectivity index (χ0n) is 13.8. The third-order valence-electron chi connectivity index (χ3n) is 3.82. The molecule has 2 aromatic carbocycles. The first kappa shape index (κ1) is 17.2. The van der Waals surface area contributed by atoms with E-state index in [9.17, 15) is 9.59 Å². The number of ether oxygens (including phenoxy) is 1. The average Bonchev–Trinajstić information content (AvgIpc) is 2.62. The van der Waals surface area contributed by atoms with Gasteiger partial charge in [0.2, 0.25) is 0 Å². The lowest BCUT2D eigenvalue weighted by Crippen LogP contribution is -2.14. The number of carbonyl (C=O) groups is 1. The number of fused-ring (bicyclic) bond motifs is 1. The second-order valence-corrected chi connectivity index (χ2v) is 6.12. The minimum atomic E-state index is -0.664. The van der Waals surface area contributed by atoms with Crippen molar-refractivity contribution in [2.75, 3.05) is 6.61 Å². The van der Waals surface area contributed by atoms with Gasteiger partial charge in [-0.25, -0.2) is 4.79 Å². The number of carbonyl (C=O) groups excluding carboxylic acids is 1. The van der Waals surface area contributed by atoms with Gasteiger partial charge in [-0.2, -0.15) is 0 Å². The highest BCUT2D eigenvalue weighted by molar-refractivity contribution is 6.31. The van der Waals surface area contributed by atoms with Gasteiger partial charge < -0.3 is 9.15 Å². The van der Waals surface area contributed by atoms with Crippen LogP contribution in [0, 0.1) is 0 Å². The van der Waals surface area contributed by atoms with Crippen LogP contribution in [-0.4, -0.2) is 12.4 Å². The quantitative estimate of drug-likeness (QED) is 0.359. The lowest BCUT2D eigenvalue weighted by Gasteiger charge is -2.06. The zero-order valence-corrected chi connectivity index (χ0v) is 14.5. The molecule has 3 rings (SSSR count). The minimum absolute atomic E-state index is 0.0191. The van der Waals surface area contributed by atoms with Crippen LogP contribution in [0.25, 0.3) is 11.0 Å². The van der Waals surface area contributed by atoms with Crippen LogP contribution in [-0.2, 0) is 0 Å². The van der Waals surface area contributed by atoms with Crippen molar-refractivity contribution >= 4 is 28.4 Å². The molecule has 0 unspecified atom stereocenters. The molecule has 0 aliphatic heterocycles. The Balaban J connectivity index is 1.88. The van der Waals surface area contributed by atoms with Crippen LogP contribution in [0.1, 0.15) is 35.7 Å². The van der Waals surface area contributed by atoms with E-state index in [1.165, 1.54) is 6.07 Å². The van der Waals surface area contributed by atoms with Crippen molar-refractivity contribution in [2.45, 2.75) is 19.8 Å². The Hall–Kier alpha value is -2.59. The fourth-order valence-corrected chi connectivity index (χ4v) is 2.63. The third kappa shape index (κ3) is 3.91. The van der Waals surface area contributed by atoms with Gasteiger partial charge in [-0.1, -0.05) is 24.9 Å². The van der Waals surface area contributed by atoms with E-state index in [1.54, 1.807) is 42.5 Å². The molecule has 25 heavy (non-hydrogen) atoms. The largest absolute Gasteiger partial charge is 0.494 e.